The summed E-state index contributed by atoms with van der Waals surface area (Å²) < 4.78 is 5.36. The van der Waals surface area contributed by atoms with Gasteiger partial charge in [-0.2, -0.15) is 0 Å². The first-order chi connectivity index (χ1) is 8.59. The van der Waals surface area contributed by atoms with Crippen LogP contribution in [-0.2, 0) is 9.53 Å². The second kappa shape index (κ2) is 7.43. The number of rotatable bonds is 4. The molecule has 19 heavy (non-hydrogen) atoms. The summed E-state index contributed by atoms with van der Waals surface area (Å²) in [6.07, 6.45) is 2.06. The van der Waals surface area contributed by atoms with Crippen LogP contribution in [-0.4, -0.2) is 61.8 Å². The maximum Gasteiger partial charge on any atom is 0.237 e. The molecule has 1 atom stereocenters. The van der Waals surface area contributed by atoms with Crippen LogP contribution in [0.5, 0.6) is 0 Å². The third kappa shape index (κ3) is 4.60. The average Bonchev–Trinajstić information content (AvgIpc) is 2.91. The van der Waals surface area contributed by atoms with E-state index in [2.05, 4.69) is 29.4 Å². The van der Waals surface area contributed by atoms with Crippen LogP contribution >= 0.6 is 12.4 Å². The average molecular weight is 292 g/mol. The first-order valence-corrected chi connectivity index (χ1v) is 6.93. The molecule has 2 N–H and O–H groups in total. The van der Waals surface area contributed by atoms with Crippen molar-refractivity contribution < 1.29 is 9.53 Å². The summed E-state index contributed by atoms with van der Waals surface area (Å²) >= 11 is 0. The van der Waals surface area contributed by atoms with Gasteiger partial charge in [-0.05, 0) is 33.2 Å². The predicted molar refractivity (Wildman–Crippen MR) is 77.8 cm³/mol. The molecule has 2 heterocycles. The molecule has 6 heteroatoms. The molecule has 2 saturated heterocycles. The minimum absolute atomic E-state index is 0. The fourth-order valence-corrected chi connectivity index (χ4v) is 2.62. The van der Waals surface area contributed by atoms with Gasteiger partial charge in [0.15, 0.2) is 0 Å². The zero-order valence-electron chi connectivity index (χ0n) is 11.9. The lowest BCUT2D eigenvalue weighted by atomic mass is 10.0. The Hall–Kier alpha value is -0.360. The maximum atomic E-state index is 12.0. The molecular formula is C13H26ClN3O2. The Kier molecular flexibility index (Phi) is 6.53. The van der Waals surface area contributed by atoms with E-state index in [4.69, 9.17) is 4.74 Å². The molecule has 112 valence electrons. The topological polar surface area (TPSA) is 53.6 Å². The zero-order chi connectivity index (χ0) is 13.0. The second-order valence-electron chi connectivity index (χ2n) is 5.78. The Morgan fingerprint density at radius 3 is 2.68 bits per heavy atom. The van der Waals surface area contributed by atoms with Crippen molar-refractivity contribution in [3.05, 3.63) is 0 Å². The molecule has 0 radical (unpaired) electrons. The van der Waals surface area contributed by atoms with Gasteiger partial charge in [0.05, 0.1) is 19.3 Å². The molecule has 0 aromatic heterocycles. The Morgan fingerprint density at radius 1 is 1.42 bits per heavy atom. The molecule has 2 rings (SSSR count). The highest BCUT2D eigenvalue weighted by Gasteiger charge is 2.30. The number of nitrogens with zero attached hydrogens (tertiary/aromatic N) is 1. The van der Waals surface area contributed by atoms with E-state index in [1.807, 2.05) is 0 Å². The van der Waals surface area contributed by atoms with E-state index < -0.39 is 0 Å². The van der Waals surface area contributed by atoms with Crippen LogP contribution in [0.25, 0.3) is 0 Å². The number of amides is 1. The summed E-state index contributed by atoms with van der Waals surface area (Å²) in [5.41, 5.74) is -0.00194. The summed E-state index contributed by atoms with van der Waals surface area (Å²) in [6.45, 7) is 9.51. The van der Waals surface area contributed by atoms with E-state index in [1.54, 1.807) is 0 Å². The first kappa shape index (κ1) is 16.7. The van der Waals surface area contributed by atoms with Gasteiger partial charge in [-0.15, -0.1) is 12.4 Å². The summed E-state index contributed by atoms with van der Waals surface area (Å²) in [4.78, 5) is 14.3. The number of halogens is 1. The number of hydrogen-bond acceptors (Lipinski definition) is 4. The molecule has 5 nitrogen and oxygen atoms in total. The van der Waals surface area contributed by atoms with E-state index in [0.29, 0.717) is 6.54 Å². The van der Waals surface area contributed by atoms with Crippen molar-refractivity contribution in [2.45, 2.75) is 38.3 Å². The Balaban J connectivity index is 0.00000180. The lowest BCUT2D eigenvalue weighted by Gasteiger charge is -2.41. The van der Waals surface area contributed by atoms with Gasteiger partial charge >= 0.3 is 0 Å². The van der Waals surface area contributed by atoms with Gasteiger partial charge < -0.3 is 15.4 Å². The van der Waals surface area contributed by atoms with E-state index in [0.717, 1.165) is 45.7 Å². The van der Waals surface area contributed by atoms with Gasteiger partial charge in [0.2, 0.25) is 5.91 Å². The molecule has 0 aromatic rings. The molecule has 0 bridgehead atoms. The molecule has 2 aliphatic rings. The van der Waals surface area contributed by atoms with Crippen molar-refractivity contribution in [3.63, 3.8) is 0 Å². The predicted octanol–water partition coefficient (Wildman–Crippen LogP) is 0.387. The summed E-state index contributed by atoms with van der Waals surface area (Å²) in [5, 5.41) is 6.30. The SMILES string of the molecule is CC(C)(CNC(=O)C1CCCN1)N1CCOCC1.Cl. The molecule has 2 fully saturated rings. The molecule has 0 aliphatic carbocycles. The molecule has 0 saturated carbocycles. The molecule has 0 spiro atoms. The molecular weight excluding hydrogens is 266 g/mol. The van der Waals surface area contributed by atoms with Crippen LogP contribution in [0.1, 0.15) is 26.7 Å². The van der Waals surface area contributed by atoms with Crippen LogP contribution in [0, 0.1) is 0 Å². The summed E-state index contributed by atoms with van der Waals surface area (Å²) in [6, 6.07) is 0.0190. The fraction of sp³-hybridized carbons (Fsp3) is 0.923. The largest absolute Gasteiger partial charge is 0.379 e. The van der Waals surface area contributed by atoms with Crippen molar-refractivity contribution in [2.24, 2.45) is 0 Å². The minimum atomic E-state index is -0.00194. The third-order valence-electron chi connectivity index (χ3n) is 3.94. The first-order valence-electron chi connectivity index (χ1n) is 6.93. The number of carbonyl (C=O) groups is 1. The number of hydrogen-bond donors (Lipinski definition) is 2. The van der Waals surface area contributed by atoms with Crippen molar-refractivity contribution in [2.75, 3.05) is 39.4 Å². The van der Waals surface area contributed by atoms with Crippen molar-refractivity contribution >= 4 is 18.3 Å². The van der Waals surface area contributed by atoms with Crippen molar-refractivity contribution in [1.82, 2.24) is 15.5 Å². The van der Waals surface area contributed by atoms with E-state index in [9.17, 15) is 4.79 Å². The van der Waals surface area contributed by atoms with E-state index in [-0.39, 0.29) is 29.9 Å². The molecule has 0 aromatic carbocycles. The highest BCUT2D eigenvalue weighted by atomic mass is 35.5. The van der Waals surface area contributed by atoms with Crippen molar-refractivity contribution in [1.29, 1.82) is 0 Å². The lowest BCUT2D eigenvalue weighted by Crippen LogP contribution is -2.56. The van der Waals surface area contributed by atoms with Crippen molar-refractivity contribution in [3.8, 4) is 0 Å². The van der Waals surface area contributed by atoms with Crippen LogP contribution in [0.3, 0.4) is 0 Å². The number of nitrogens with one attached hydrogen (secondary N) is 2. The fourth-order valence-electron chi connectivity index (χ4n) is 2.62. The van der Waals surface area contributed by atoms with E-state index in [1.165, 1.54) is 0 Å². The number of morpholine rings is 1. The van der Waals surface area contributed by atoms with Crippen LogP contribution < -0.4 is 10.6 Å². The number of carbonyl (C=O) groups excluding carboxylic acids is 1. The van der Waals surface area contributed by atoms with Gasteiger partial charge in [0.25, 0.3) is 0 Å². The smallest absolute Gasteiger partial charge is 0.237 e. The quantitative estimate of drug-likeness (QED) is 0.787. The monoisotopic (exact) mass is 291 g/mol. The number of ether oxygens (including phenoxy) is 1. The summed E-state index contributed by atoms with van der Waals surface area (Å²) in [7, 11) is 0. The Bertz CT molecular complexity index is 288. The molecule has 2 aliphatic heterocycles. The molecule has 1 unspecified atom stereocenters. The minimum Gasteiger partial charge on any atom is -0.379 e. The van der Waals surface area contributed by atoms with Gasteiger partial charge in [0, 0.05) is 25.2 Å². The Labute approximate surface area is 121 Å². The summed E-state index contributed by atoms with van der Waals surface area (Å²) in [5.74, 6) is 0.147. The standard InChI is InChI=1S/C13H25N3O2.ClH/c1-13(2,16-6-8-18-9-7-16)10-15-12(17)11-4-3-5-14-11;/h11,14H,3-10H2,1-2H3,(H,15,17);1H. The molecule has 1 amide bonds. The van der Waals surface area contributed by atoms with Gasteiger partial charge in [-0.3, -0.25) is 9.69 Å². The highest BCUT2D eigenvalue weighted by Crippen LogP contribution is 2.15. The maximum absolute atomic E-state index is 12.0. The Morgan fingerprint density at radius 2 is 2.11 bits per heavy atom. The van der Waals surface area contributed by atoms with Crippen LogP contribution in [0.2, 0.25) is 0 Å². The van der Waals surface area contributed by atoms with Gasteiger partial charge in [0.1, 0.15) is 0 Å². The second-order valence-corrected chi connectivity index (χ2v) is 5.78. The van der Waals surface area contributed by atoms with Gasteiger partial charge in [-0.25, -0.2) is 0 Å². The van der Waals surface area contributed by atoms with Crippen LogP contribution in [0.15, 0.2) is 0 Å². The van der Waals surface area contributed by atoms with E-state index >= 15 is 0 Å². The zero-order valence-corrected chi connectivity index (χ0v) is 12.7. The third-order valence-corrected chi connectivity index (χ3v) is 3.94. The normalized spacial score (nSPS) is 24.8. The van der Waals surface area contributed by atoms with Gasteiger partial charge in [-0.1, -0.05) is 0 Å². The lowest BCUT2D eigenvalue weighted by molar-refractivity contribution is -0.123. The highest BCUT2D eigenvalue weighted by molar-refractivity contribution is 5.85. The van der Waals surface area contributed by atoms with Crippen LogP contribution in [0.4, 0.5) is 0 Å².